The summed E-state index contributed by atoms with van der Waals surface area (Å²) in [7, 11) is 1.91. The monoisotopic (exact) mass is 391 g/mol. The summed E-state index contributed by atoms with van der Waals surface area (Å²) < 4.78 is 4.38. The molecule has 1 aromatic rings. The number of Topliss-reactive ketones (excluding diaryl/α,β-unsaturated/α-hetero) is 1. The van der Waals surface area contributed by atoms with Gasteiger partial charge >= 0.3 is 5.97 Å². The lowest BCUT2D eigenvalue weighted by molar-refractivity contribution is -0.134. The van der Waals surface area contributed by atoms with Gasteiger partial charge in [0.1, 0.15) is 0 Å². The number of ether oxygens (including phenoxy) is 1. The summed E-state index contributed by atoms with van der Waals surface area (Å²) in [5, 5.41) is 6.64. The van der Waals surface area contributed by atoms with Gasteiger partial charge in [-0.15, -0.1) is 0 Å². The summed E-state index contributed by atoms with van der Waals surface area (Å²) in [6.45, 7) is 7.54. The van der Waals surface area contributed by atoms with Gasteiger partial charge < -0.3 is 9.64 Å². The fraction of sp³-hybridized carbons (Fsp3) is 0.389. The van der Waals surface area contributed by atoms with Crippen LogP contribution in [0.5, 0.6) is 0 Å². The smallest absolute Gasteiger partial charge is 0.365 e. The molecule has 8 heteroatoms. The fourth-order valence-electron chi connectivity index (χ4n) is 2.77. The van der Waals surface area contributed by atoms with Gasteiger partial charge in [0, 0.05) is 12.7 Å². The summed E-state index contributed by atoms with van der Waals surface area (Å²) in [5.74, 6) is -0.445. The fourth-order valence-corrected chi connectivity index (χ4v) is 5.64. The molecule has 0 N–H and O–H groups in total. The molecule has 0 unspecified atom stereocenters. The molecule has 1 spiro atoms. The predicted molar refractivity (Wildman–Crippen MR) is 107 cm³/mol. The van der Waals surface area contributed by atoms with Crippen LogP contribution in [0.25, 0.3) is 0 Å². The zero-order chi connectivity index (χ0) is 19.1. The van der Waals surface area contributed by atoms with E-state index in [0.29, 0.717) is 4.91 Å². The van der Waals surface area contributed by atoms with E-state index >= 15 is 0 Å². The number of esters is 1. The van der Waals surface area contributed by atoms with Crippen molar-refractivity contribution in [1.82, 2.24) is 4.90 Å². The number of carbonyl (C=O) groups is 2. The van der Waals surface area contributed by atoms with E-state index in [0.717, 1.165) is 16.9 Å². The van der Waals surface area contributed by atoms with E-state index in [4.69, 9.17) is 4.74 Å². The highest BCUT2D eigenvalue weighted by atomic mass is 32.2. The summed E-state index contributed by atoms with van der Waals surface area (Å²) in [5.41, 5.74) is 2.85. The number of rotatable bonds is 4. The van der Waals surface area contributed by atoms with Gasteiger partial charge in [0.05, 0.1) is 17.2 Å². The zero-order valence-corrected chi connectivity index (χ0v) is 17.0. The summed E-state index contributed by atoms with van der Waals surface area (Å²) >= 11 is 2.72. The zero-order valence-electron chi connectivity index (χ0n) is 15.4. The maximum Gasteiger partial charge on any atom is 0.365 e. The molecule has 2 heterocycles. The lowest BCUT2D eigenvalue weighted by atomic mass is 10.2. The largest absolute Gasteiger partial charge is 0.461 e. The van der Waals surface area contributed by atoms with Crippen LogP contribution in [0.1, 0.15) is 26.3 Å². The minimum absolute atomic E-state index is 0.00488. The van der Waals surface area contributed by atoms with E-state index in [1.165, 1.54) is 23.5 Å². The highest BCUT2D eigenvalue weighted by Gasteiger charge is 2.56. The Balaban J connectivity index is 2.05. The number of hydrazone groups is 1. The molecule has 138 valence electrons. The van der Waals surface area contributed by atoms with Gasteiger partial charge in [-0.1, -0.05) is 29.5 Å². The topological polar surface area (TPSA) is 62.2 Å². The number of nitrogens with zero attached hydrogens (tertiary/aromatic N) is 3. The second kappa shape index (κ2) is 7.00. The first-order valence-electron chi connectivity index (χ1n) is 8.26. The van der Waals surface area contributed by atoms with Crippen molar-refractivity contribution < 1.29 is 14.3 Å². The maximum atomic E-state index is 12.3. The normalized spacial score (nSPS) is 22.3. The number of allylic oxidation sites excluding steroid dienone is 2. The Bertz CT molecular complexity index is 819. The molecular weight excluding hydrogens is 370 g/mol. The SMILES string of the molecule is CCOC(=O)C1=NN(c2ccc(C)cc2)[C@]2(S1)SC(C(C)=O)=C(C)N2C. The van der Waals surface area contributed by atoms with Crippen LogP contribution < -0.4 is 5.01 Å². The Morgan fingerprint density at radius 3 is 2.38 bits per heavy atom. The summed E-state index contributed by atoms with van der Waals surface area (Å²) in [6, 6.07) is 7.92. The number of anilines is 1. The molecule has 26 heavy (non-hydrogen) atoms. The van der Waals surface area contributed by atoms with Crippen molar-refractivity contribution in [2.75, 3.05) is 18.7 Å². The molecule has 0 bridgehead atoms. The maximum absolute atomic E-state index is 12.3. The van der Waals surface area contributed by atoms with Gasteiger partial charge in [-0.25, -0.2) is 9.80 Å². The van der Waals surface area contributed by atoms with Crippen LogP contribution in [0.2, 0.25) is 0 Å². The molecule has 3 rings (SSSR count). The number of benzene rings is 1. The average molecular weight is 392 g/mol. The van der Waals surface area contributed by atoms with E-state index < -0.39 is 10.3 Å². The highest BCUT2D eigenvalue weighted by molar-refractivity contribution is 8.28. The van der Waals surface area contributed by atoms with Crippen molar-refractivity contribution in [3.05, 3.63) is 40.4 Å². The van der Waals surface area contributed by atoms with Crippen LogP contribution in [0.15, 0.2) is 40.0 Å². The van der Waals surface area contributed by atoms with Crippen molar-refractivity contribution in [2.24, 2.45) is 5.10 Å². The number of hydrogen-bond donors (Lipinski definition) is 0. The molecule has 0 saturated heterocycles. The van der Waals surface area contributed by atoms with Crippen molar-refractivity contribution in [1.29, 1.82) is 0 Å². The van der Waals surface area contributed by atoms with Crippen LogP contribution in [0.4, 0.5) is 5.69 Å². The average Bonchev–Trinajstić information content (AvgIpc) is 3.10. The molecule has 0 fully saturated rings. The number of ketones is 1. The molecule has 0 amide bonds. The van der Waals surface area contributed by atoms with Crippen molar-refractivity contribution in [3.63, 3.8) is 0 Å². The first-order chi connectivity index (χ1) is 12.3. The molecule has 0 aliphatic carbocycles. The molecule has 0 radical (unpaired) electrons. The Kier molecular flexibility index (Phi) is 5.07. The van der Waals surface area contributed by atoms with Crippen LogP contribution in [0.3, 0.4) is 0 Å². The van der Waals surface area contributed by atoms with E-state index in [1.54, 1.807) is 18.9 Å². The van der Waals surface area contributed by atoms with E-state index in [1.807, 2.05) is 50.1 Å². The first kappa shape index (κ1) is 18.8. The molecule has 0 aromatic heterocycles. The lowest BCUT2D eigenvalue weighted by Gasteiger charge is -2.39. The van der Waals surface area contributed by atoms with E-state index in [2.05, 4.69) is 5.10 Å². The van der Waals surface area contributed by atoms with Gasteiger partial charge in [0.2, 0.25) is 9.37 Å². The number of aryl methyl sites for hydroxylation is 1. The van der Waals surface area contributed by atoms with Gasteiger partial charge in [0.25, 0.3) is 0 Å². The minimum atomic E-state index is -0.761. The van der Waals surface area contributed by atoms with E-state index in [9.17, 15) is 9.59 Å². The highest BCUT2D eigenvalue weighted by Crippen LogP contribution is 2.58. The van der Waals surface area contributed by atoms with Crippen molar-refractivity contribution in [3.8, 4) is 0 Å². The Morgan fingerprint density at radius 2 is 1.85 bits per heavy atom. The third-order valence-electron chi connectivity index (χ3n) is 4.23. The van der Waals surface area contributed by atoms with Crippen LogP contribution >= 0.6 is 23.5 Å². The van der Waals surface area contributed by atoms with Gasteiger partial charge in [-0.2, -0.15) is 5.10 Å². The molecular formula is C18H21N3O3S2. The van der Waals surface area contributed by atoms with Crippen LogP contribution in [0, 0.1) is 6.92 Å². The third-order valence-corrected chi connectivity index (χ3v) is 7.38. The molecule has 0 saturated carbocycles. The second-order valence-corrected chi connectivity index (χ2v) is 8.66. The quantitative estimate of drug-likeness (QED) is 0.728. The summed E-state index contributed by atoms with van der Waals surface area (Å²) in [4.78, 5) is 27.1. The standard InChI is InChI=1S/C18H21N3O3S2/c1-6-24-17(23)16-19-21(14-9-7-11(2)8-10-14)18(26-16)20(5)12(3)15(25-18)13(4)22/h7-10H,6H2,1-5H3/t18-/m0/s1. The van der Waals surface area contributed by atoms with Gasteiger partial charge in [-0.05, 0) is 51.6 Å². The molecule has 6 nitrogen and oxygen atoms in total. The van der Waals surface area contributed by atoms with Crippen molar-refractivity contribution in [2.45, 2.75) is 32.0 Å². The van der Waals surface area contributed by atoms with Crippen molar-refractivity contribution >= 4 is 46.0 Å². The second-order valence-electron chi connectivity index (χ2n) is 6.06. The number of hydrogen-bond acceptors (Lipinski definition) is 8. The van der Waals surface area contributed by atoms with E-state index in [-0.39, 0.29) is 17.4 Å². The third kappa shape index (κ3) is 3.01. The molecule has 2 aliphatic rings. The Morgan fingerprint density at radius 1 is 1.19 bits per heavy atom. The number of carbonyl (C=O) groups excluding carboxylic acids is 2. The Hall–Kier alpha value is -1.93. The lowest BCUT2D eigenvalue weighted by Crippen LogP contribution is -2.47. The molecule has 1 aromatic carbocycles. The predicted octanol–water partition coefficient (Wildman–Crippen LogP) is 3.54. The Labute approximate surface area is 161 Å². The number of thioether (sulfide) groups is 2. The van der Waals surface area contributed by atoms with Gasteiger partial charge in [-0.3, -0.25) is 4.79 Å². The molecule has 1 atom stereocenters. The minimum Gasteiger partial charge on any atom is -0.461 e. The van der Waals surface area contributed by atoms with Crippen LogP contribution in [-0.4, -0.2) is 39.7 Å². The summed E-state index contributed by atoms with van der Waals surface area (Å²) in [6.07, 6.45) is 0. The first-order valence-corrected chi connectivity index (χ1v) is 9.89. The molecule has 2 aliphatic heterocycles. The van der Waals surface area contributed by atoms with Gasteiger partial charge in [0.15, 0.2) is 5.78 Å². The van der Waals surface area contributed by atoms with Crippen LogP contribution in [-0.2, 0) is 14.3 Å².